The van der Waals surface area contributed by atoms with Crippen LogP contribution in [0, 0.1) is 5.82 Å². The largest absolute Gasteiger partial charge is 0.381 e. The number of anilines is 2. The van der Waals surface area contributed by atoms with Crippen LogP contribution in [0.1, 0.15) is 19.4 Å². The molecule has 0 amide bonds. The van der Waals surface area contributed by atoms with Crippen molar-refractivity contribution in [1.82, 2.24) is 0 Å². The summed E-state index contributed by atoms with van der Waals surface area (Å²) in [6.45, 7) is 6.76. The normalized spacial score (nSPS) is 10.5. The summed E-state index contributed by atoms with van der Waals surface area (Å²) < 4.78 is 13.2. The maximum atomic E-state index is 13.2. The maximum Gasteiger partial charge on any atom is 0.123 e. The molecule has 0 atom stereocenters. The minimum absolute atomic E-state index is 0.270. The lowest BCUT2D eigenvalue weighted by atomic mass is 10.2. The van der Waals surface area contributed by atoms with Gasteiger partial charge in [-0.1, -0.05) is 11.6 Å². The van der Waals surface area contributed by atoms with Crippen molar-refractivity contribution in [3.63, 3.8) is 0 Å². The molecule has 2 rings (SSSR count). The molecule has 21 heavy (non-hydrogen) atoms. The number of benzene rings is 2. The van der Waals surface area contributed by atoms with E-state index in [4.69, 9.17) is 11.6 Å². The Labute approximate surface area is 130 Å². The smallest absolute Gasteiger partial charge is 0.123 e. The fourth-order valence-corrected chi connectivity index (χ4v) is 2.44. The van der Waals surface area contributed by atoms with E-state index >= 15 is 0 Å². The van der Waals surface area contributed by atoms with Crippen LogP contribution in [-0.2, 0) is 6.54 Å². The number of nitrogens with zero attached hydrogens (tertiary/aromatic N) is 1. The second-order valence-electron chi connectivity index (χ2n) is 4.81. The van der Waals surface area contributed by atoms with Gasteiger partial charge in [-0.2, -0.15) is 0 Å². The van der Waals surface area contributed by atoms with Crippen LogP contribution in [0.4, 0.5) is 15.8 Å². The van der Waals surface area contributed by atoms with E-state index in [-0.39, 0.29) is 5.82 Å². The summed E-state index contributed by atoms with van der Waals surface area (Å²) in [5, 5.41) is 3.83. The molecule has 0 aromatic heterocycles. The molecule has 0 aliphatic rings. The van der Waals surface area contributed by atoms with Gasteiger partial charge in [-0.05, 0) is 61.9 Å². The summed E-state index contributed by atoms with van der Waals surface area (Å²) >= 11 is 6.05. The van der Waals surface area contributed by atoms with Crippen molar-refractivity contribution < 1.29 is 4.39 Å². The zero-order chi connectivity index (χ0) is 15.2. The van der Waals surface area contributed by atoms with E-state index in [0.29, 0.717) is 11.6 Å². The molecular weight excluding hydrogens is 287 g/mol. The molecule has 2 aromatic carbocycles. The van der Waals surface area contributed by atoms with Crippen molar-refractivity contribution in [3.8, 4) is 0 Å². The van der Waals surface area contributed by atoms with Crippen LogP contribution in [0.25, 0.3) is 0 Å². The topological polar surface area (TPSA) is 15.3 Å². The lowest BCUT2D eigenvalue weighted by Crippen LogP contribution is -2.21. The van der Waals surface area contributed by atoms with Gasteiger partial charge in [0.25, 0.3) is 0 Å². The Morgan fingerprint density at radius 2 is 1.71 bits per heavy atom. The monoisotopic (exact) mass is 306 g/mol. The van der Waals surface area contributed by atoms with Gasteiger partial charge in [-0.15, -0.1) is 0 Å². The van der Waals surface area contributed by atoms with Gasteiger partial charge in [0.2, 0.25) is 0 Å². The van der Waals surface area contributed by atoms with Crippen LogP contribution in [0.5, 0.6) is 0 Å². The average molecular weight is 307 g/mol. The molecule has 0 saturated heterocycles. The fraction of sp³-hybridized carbons (Fsp3) is 0.294. The quantitative estimate of drug-likeness (QED) is 0.813. The Balaban J connectivity index is 2.02. The van der Waals surface area contributed by atoms with Crippen molar-refractivity contribution in [2.24, 2.45) is 0 Å². The predicted octanol–water partition coefficient (Wildman–Crippen LogP) is 4.94. The molecular formula is C17H20ClFN2. The summed E-state index contributed by atoms with van der Waals surface area (Å²) in [6, 6.07) is 12.6. The first-order valence-corrected chi connectivity index (χ1v) is 7.54. The van der Waals surface area contributed by atoms with Crippen molar-refractivity contribution in [2.75, 3.05) is 23.3 Å². The number of hydrogen-bond acceptors (Lipinski definition) is 2. The average Bonchev–Trinajstić information content (AvgIpc) is 2.51. The van der Waals surface area contributed by atoms with Crippen LogP contribution in [-0.4, -0.2) is 13.1 Å². The maximum absolute atomic E-state index is 13.2. The molecule has 112 valence electrons. The number of nitrogens with one attached hydrogen (secondary N) is 1. The van der Waals surface area contributed by atoms with E-state index in [2.05, 4.69) is 36.2 Å². The van der Waals surface area contributed by atoms with Crippen molar-refractivity contribution in [3.05, 3.63) is 58.9 Å². The van der Waals surface area contributed by atoms with Gasteiger partial charge in [0.1, 0.15) is 5.82 Å². The van der Waals surface area contributed by atoms with Crippen LogP contribution in [0.3, 0.4) is 0 Å². The molecule has 2 aromatic rings. The lowest BCUT2D eigenvalue weighted by molar-refractivity contribution is 0.626. The Bertz CT molecular complexity index is 580. The number of halogens is 2. The van der Waals surface area contributed by atoms with Gasteiger partial charge >= 0.3 is 0 Å². The van der Waals surface area contributed by atoms with Crippen LogP contribution < -0.4 is 10.2 Å². The van der Waals surface area contributed by atoms with Gasteiger partial charge in [-0.25, -0.2) is 4.39 Å². The van der Waals surface area contributed by atoms with Gasteiger partial charge < -0.3 is 10.2 Å². The third kappa shape index (κ3) is 4.11. The molecule has 0 spiro atoms. The summed E-state index contributed by atoms with van der Waals surface area (Å²) in [6.07, 6.45) is 0. The second-order valence-corrected chi connectivity index (χ2v) is 5.22. The lowest BCUT2D eigenvalue weighted by Gasteiger charge is -2.21. The Hall–Kier alpha value is -1.74. The highest BCUT2D eigenvalue weighted by atomic mass is 35.5. The fourth-order valence-electron chi connectivity index (χ4n) is 2.25. The van der Waals surface area contributed by atoms with Crippen LogP contribution in [0.2, 0.25) is 5.02 Å². The molecule has 0 radical (unpaired) electrons. The minimum atomic E-state index is -0.270. The van der Waals surface area contributed by atoms with Crippen molar-refractivity contribution >= 4 is 23.0 Å². The summed E-state index contributed by atoms with van der Waals surface area (Å²) in [7, 11) is 0. The van der Waals surface area contributed by atoms with E-state index in [9.17, 15) is 4.39 Å². The zero-order valence-electron chi connectivity index (χ0n) is 12.4. The minimum Gasteiger partial charge on any atom is -0.381 e. The molecule has 0 fully saturated rings. The SMILES string of the molecule is CCN(CC)c1ccc(NCc2cc(F)ccc2Cl)cc1. The van der Waals surface area contributed by atoms with E-state index in [1.807, 2.05) is 12.1 Å². The molecule has 0 aliphatic heterocycles. The van der Waals surface area contributed by atoms with E-state index in [0.717, 1.165) is 24.3 Å². The second kappa shape index (κ2) is 7.32. The molecule has 0 heterocycles. The highest BCUT2D eigenvalue weighted by Gasteiger charge is 2.04. The van der Waals surface area contributed by atoms with Gasteiger partial charge in [0.15, 0.2) is 0 Å². The first-order chi connectivity index (χ1) is 10.1. The molecule has 2 nitrogen and oxygen atoms in total. The first-order valence-electron chi connectivity index (χ1n) is 7.16. The van der Waals surface area contributed by atoms with E-state index in [1.165, 1.54) is 17.8 Å². The summed E-state index contributed by atoms with van der Waals surface area (Å²) in [4.78, 5) is 2.28. The molecule has 1 N–H and O–H groups in total. The standard InChI is InChI=1S/C17H20ClFN2/c1-3-21(4-2)16-8-6-15(7-9-16)20-12-13-11-14(19)5-10-17(13)18/h5-11,20H,3-4,12H2,1-2H3. The van der Waals surface area contributed by atoms with Gasteiger partial charge in [0.05, 0.1) is 0 Å². The van der Waals surface area contributed by atoms with Gasteiger partial charge in [0, 0.05) is 36.0 Å². The molecule has 0 bridgehead atoms. The molecule has 0 unspecified atom stereocenters. The summed E-state index contributed by atoms with van der Waals surface area (Å²) in [5.74, 6) is -0.270. The summed E-state index contributed by atoms with van der Waals surface area (Å²) in [5.41, 5.74) is 2.95. The molecule has 4 heteroatoms. The van der Waals surface area contributed by atoms with Crippen molar-refractivity contribution in [2.45, 2.75) is 20.4 Å². The van der Waals surface area contributed by atoms with Crippen LogP contribution >= 0.6 is 11.6 Å². The predicted molar refractivity (Wildman–Crippen MR) is 88.7 cm³/mol. The third-order valence-electron chi connectivity index (χ3n) is 3.49. The first kappa shape index (κ1) is 15.6. The highest BCUT2D eigenvalue weighted by Crippen LogP contribution is 2.21. The Morgan fingerprint density at radius 1 is 1.05 bits per heavy atom. The van der Waals surface area contributed by atoms with E-state index in [1.54, 1.807) is 6.07 Å². The van der Waals surface area contributed by atoms with Gasteiger partial charge in [-0.3, -0.25) is 0 Å². The Kier molecular flexibility index (Phi) is 5.45. The number of rotatable bonds is 6. The number of hydrogen-bond donors (Lipinski definition) is 1. The van der Waals surface area contributed by atoms with Crippen molar-refractivity contribution in [1.29, 1.82) is 0 Å². The zero-order valence-corrected chi connectivity index (χ0v) is 13.1. The molecule has 0 aliphatic carbocycles. The van der Waals surface area contributed by atoms with Crippen LogP contribution in [0.15, 0.2) is 42.5 Å². The third-order valence-corrected chi connectivity index (χ3v) is 3.86. The van der Waals surface area contributed by atoms with E-state index < -0.39 is 0 Å². The molecule has 0 saturated carbocycles. The highest BCUT2D eigenvalue weighted by molar-refractivity contribution is 6.31. The Morgan fingerprint density at radius 3 is 2.33 bits per heavy atom.